The van der Waals surface area contributed by atoms with Crippen LogP contribution in [0.15, 0.2) is 340 Å². The van der Waals surface area contributed by atoms with Crippen LogP contribution >= 0.6 is 0 Å². The van der Waals surface area contributed by atoms with E-state index in [9.17, 15) is 0 Å². The lowest BCUT2D eigenvalue weighted by Crippen LogP contribution is -1.93. The summed E-state index contributed by atoms with van der Waals surface area (Å²) in [5, 5.41) is 16.1. The molecule has 0 aromatic heterocycles. The highest BCUT2D eigenvalue weighted by Crippen LogP contribution is 2.61. The smallest absolute Gasteiger partial charge is 0 e. The number of hydrogen-bond acceptors (Lipinski definition) is 0. The summed E-state index contributed by atoms with van der Waals surface area (Å²) in [5.41, 5.74) is 37.2. The highest BCUT2D eigenvalue weighted by atomic mass is 14.4. The molecule has 4 aliphatic carbocycles. The second-order valence-electron chi connectivity index (χ2n) is 26.7. The summed E-state index contributed by atoms with van der Waals surface area (Å²) in [6.45, 7) is 4.41. The van der Waals surface area contributed by atoms with Gasteiger partial charge in [0.2, 0.25) is 0 Å². The van der Waals surface area contributed by atoms with Crippen LogP contribution in [0.3, 0.4) is 0 Å². The van der Waals surface area contributed by atoms with Gasteiger partial charge in [-0.05, 0) is 234 Å². The van der Waals surface area contributed by atoms with Crippen molar-refractivity contribution in [3.8, 4) is 145 Å². The van der Waals surface area contributed by atoms with E-state index in [1.165, 1.54) is 220 Å². The number of aryl methyl sites for hydroxylation is 2. The van der Waals surface area contributed by atoms with Crippen molar-refractivity contribution < 1.29 is 0 Å². The molecule has 0 fully saturated rings. The molecule has 0 heterocycles. The molecule has 457 valence electrons. The molecule has 99 heavy (non-hydrogen) atoms. The van der Waals surface area contributed by atoms with Gasteiger partial charge in [-0.2, -0.15) is 0 Å². The molecular weight excluding hydrogens is 1190 g/mol. The molecule has 0 amide bonds. The van der Waals surface area contributed by atoms with Gasteiger partial charge in [0.15, 0.2) is 0 Å². The summed E-state index contributed by atoms with van der Waals surface area (Å²) in [4.78, 5) is 0. The molecule has 3 radical (unpaired) electrons. The number of fused-ring (bicyclic) bond motifs is 14. The Bertz CT molecular complexity index is 6160. The van der Waals surface area contributed by atoms with Gasteiger partial charge in [-0.1, -0.05) is 340 Å². The first kappa shape index (κ1) is 58.0. The molecule has 0 atom stereocenters. The number of benzene rings is 18. The van der Waals surface area contributed by atoms with Crippen molar-refractivity contribution in [2.75, 3.05) is 0 Å². The summed E-state index contributed by atoms with van der Waals surface area (Å²) in [7, 11) is 0. The van der Waals surface area contributed by atoms with E-state index in [0.29, 0.717) is 0 Å². The van der Waals surface area contributed by atoms with Crippen LogP contribution in [0.1, 0.15) is 11.1 Å². The van der Waals surface area contributed by atoms with Crippen molar-refractivity contribution in [3.63, 3.8) is 0 Å². The predicted octanol–water partition coefficient (Wildman–Crippen LogP) is 27.1. The van der Waals surface area contributed by atoms with E-state index < -0.39 is 0 Å². The van der Waals surface area contributed by atoms with Gasteiger partial charge in [0.05, 0.1) is 0 Å². The Morgan fingerprint density at radius 2 is 0.333 bits per heavy atom. The standard InChI is InChI=1S/C48H28.C33H22.C17H12.B/c1-3-13-29(14-4-1)43-38-19-9-10-20-39(38)44(30-15-5-2-6-16-30)48-42-28-26-34(37-23-12-24-41(46(37)42)47(43)48)33-25-27-40-32-18-8-7-17-31(32)35-21-11-22-36(33)45(35)40;1-21-19-20-28-31-24(21)17-10-18-27(31)32-29(22-11-4-2-5-12-22)25-15-8-9-16-26(25)30(33(28)32)23-13-6-3-7-14-23;1-11-9-10-16-14-6-3-2-5-13(14)15-8-4-7-12(11)17(15)16;/h1-28H;2-20H,1H3;2-10H,1H3;. The minimum Gasteiger partial charge on any atom is -0.0622 e. The van der Waals surface area contributed by atoms with E-state index in [2.05, 4.69) is 354 Å². The normalized spacial score (nSPS) is 11.9. The lowest BCUT2D eigenvalue weighted by molar-refractivity contribution is 1.54. The second-order valence-corrected chi connectivity index (χ2v) is 26.7. The van der Waals surface area contributed by atoms with E-state index in [1.807, 2.05) is 0 Å². The molecule has 0 spiro atoms. The summed E-state index contributed by atoms with van der Waals surface area (Å²) in [6.07, 6.45) is 0. The third-order valence-corrected chi connectivity index (χ3v) is 21.7. The van der Waals surface area contributed by atoms with Crippen molar-refractivity contribution in [1.29, 1.82) is 0 Å². The minimum atomic E-state index is 0. The molecule has 0 nitrogen and oxygen atoms in total. The lowest BCUT2D eigenvalue weighted by atomic mass is 9.82. The molecule has 18 aromatic carbocycles. The third-order valence-electron chi connectivity index (χ3n) is 21.7. The molecule has 0 aliphatic heterocycles. The van der Waals surface area contributed by atoms with Crippen LogP contribution < -0.4 is 0 Å². The molecule has 1 heteroatoms. The Morgan fingerprint density at radius 1 is 0.131 bits per heavy atom. The van der Waals surface area contributed by atoms with Gasteiger partial charge in [0.25, 0.3) is 0 Å². The molecule has 22 rings (SSSR count). The molecule has 0 bridgehead atoms. The van der Waals surface area contributed by atoms with Crippen LogP contribution in [0.2, 0.25) is 0 Å². The Balaban J connectivity index is 0.000000115. The topological polar surface area (TPSA) is 0 Å². The van der Waals surface area contributed by atoms with Crippen molar-refractivity contribution in [2.45, 2.75) is 13.8 Å². The van der Waals surface area contributed by atoms with E-state index in [0.717, 1.165) is 0 Å². The summed E-state index contributed by atoms with van der Waals surface area (Å²) in [5.74, 6) is 0. The van der Waals surface area contributed by atoms with Gasteiger partial charge in [-0.15, -0.1) is 0 Å². The second kappa shape index (κ2) is 22.9. The summed E-state index contributed by atoms with van der Waals surface area (Å²) < 4.78 is 0. The van der Waals surface area contributed by atoms with E-state index in [-0.39, 0.29) is 8.41 Å². The highest BCUT2D eigenvalue weighted by Gasteiger charge is 2.34. The van der Waals surface area contributed by atoms with Gasteiger partial charge in [0, 0.05) is 8.41 Å². The van der Waals surface area contributed by atoms with Crippen molar-refractivity contribution >= 4 is 73.0 Å². The zero-order chi connectivity index (χ0) is 64.7. The fraction of sp³-hybridized carbons (Fsp3) is 0.0204. The summed E-state index contributed by atoms with van der Waals surface area (Å²) in [6, 6.07) is 125. The fourth-order valence-corrected chi connectivity index (χ4v) is 17.6. The SMILES string of the molecule is Cc1ccc2c3c(cccc13)-c1c-2c(-c2ccccc2)c2ccccc2c1-c1ccccc1.Cc1ccc2c3c(cccc13)-c1ccccc1-2.[B].c1ccc(-c2c3c(c(-c4ccccc4)c4ccccc24)-c2ccc(-c4ccc5c6c(cccc46)-c4ccccc4-5)c4cccc-3c24)cc1. The number of rotatable bonds is 5. The van der Waals surface area contributed by atoms with Crippen LogP contribution in [-0.2, 0) is 0 Å². The molecule has 4 aliphatic rings. The fourth-order valence-electron chi connectivity index (χ4n) is 17.6. The highest BCUT2D eigenvalue weighted by molar-refractivity contribution is 6.31. The van der Waals surface area contributed by atoms with Crippen LogP contribution in [0.25, 0.3) is 209 Å². The summed E-state index contributed by atoms with van der Waals surface area (Å²) >= 11 is 0. The largest absolute Gasteiger partial charge is 0.0622 e. The van der Waals surface area contributed by atoms with Crippen LogP contribution in [0, 0.1) is 13.8 Å². The van der Waals surface area contributed by atoms with E-state index in [1.54, 1.807) is 0 Å². The Labute approximate surface area is 578 Å². The maximum absolute atomic E-state index is 2.40. The van der Waals surface area contributed by atoms with E-state index >= 15 is 0 Å². The Kier molecular flexibility index (Phi) is 13.4. The zero-order valence-corrected chi connectivity index (χ0v) is 54.9. The number of hydrogen-bond donors (Lipinski definition) is 0. The van der Waals surface area contributed by atoms with Crippen molar-refractivity contribution in [3.05, 3.63) is 351 Å². The van der Waals surface area contributed by atoms with Crippen molar-refractivity contribution in [1.82, 2.24) is 0 Å². The van der Waals surface area contributed by atoms with Gasteiger partial charge in [0.1, 0.15) is 0 Å². The molecule has 0 N–H and O–H groups in total. The van der Waals surface area contributed by atoms with Crippen LogP contribution in [-0.4, -0.2) is 8.41 Å². The molecule has 0 saturated carbocycles. The first-order valence-corrected chi connectivity index (χ1v) is 34.3. The van der Waals surface area contributed by atoms with Gasteiger partial charge in [-0.25, -0.2) is 0 Å². The first-order valence-electron chi connectivity index (χ1n) is 34.3. The van der Waals surface area contributed by atoms with E-state index in [4.69, 9.17) is 0 Å². The molecule has 0 saturated heterocycles. The predicted molar refractivity (Wildman–Crippen MR) is 424 cm³/mol. The monoisotopic (exact) mass is 1250 g/mol. The molecule has 0 unspecified atom stereocenters. The quantitative estimate of drug-likeness (QED) is 0.151. The first-order chi connectivity index (χ1) is 48.6. The molecule has 18 aromatic rings. The maximum Gasteiger partial charge on any atom is 0 e. The minimum absolute atomic E-state index is 0. The van der Waals surface area contributed by atoms with Crippen LogP contribution in [0.5, 0.6) is 0 Å². The third kappa shape index (κ3) is 8.61. The Hall–Kier alpha value is -12.4. The van der Waals surface area contributed by atoms with Gasteiger partial charge in [-0.3, -0.25) is 0 Å². The average molecular weight is 1250 g/mol. The molecular formula is C98H62B. The van der Waals surface area contributed by atoms with Gasteiger partial charge >= 0.3 is 0 Å². The van der Waals surface area contributed by atoms with Gasteiger partial charge < -0.3 is 0 Å². The lowest BCUT2D eigenvalue weighted by Gasteiger charge is -2.20. The zero-order valence-electron chi connectivity index (χ0n) is 54.9. The Morgan fingerprint density at radius 3 is 0.687 bits per heavy atom. The maximum atomic E-state index is 2.40. The average Bonchev–Trinajstić information content (AvgIpc) is 1.23. The van der Waals surface area contributed by atoms with Crippen LogP contribution in [0.4, 0.5) is 0 Å². The van der Waals surface area contributed by atoms with Crippen molar-refractivity contribution in [2.24, 2.45) is 0 Å².